The molecule has 0 radical (unpaired) electrons. The Morgan fingerprint density at radius 1 is 0.796 bits per heavy atom. The van der Waals surface area contributed by atoms with Crippen LogP contribution in [0.15, 0.2) is 97.3 Å². The Balaban J connectivity index is 1.43. The number of halogens is 1. The van der Waals surface area contributed by atoms with Crippen molar-refractivity contribution in [2.24, 2.45) is 0 Å². The first-order valence-electron chi connectivity index (χ1n) is 18.6. The summed E-state index contributed by atoms with van der Waals surface area (Å²) in [6, 6.07) is 30.8. The van der Waals surface area contributed by atoms with Crippen molar-refractivity contribution in [3.63, 3.8) is 0 Å². The van der Waals surface area contributed by atoms with Crippen LogP contribution in [-0.4, -0.2) is 0 Å². The lowest BCUT2D eigenvalue weighted by atomic mass is 9.67. The monoisotopic (exact) mass is 648 g/mol. The van der Waals surface area contributed by atoms with Crippen LogP contribution >= 0.6 is 0 Å². The van der Waals surface area contributed by atoms with Gasteiger partial charge in [-0.15, -0.1) is 0 Å². The van der Waals surface area contributed by atoms with E-state index in [0.29, 0.717) is 0 Å². The summed E-state index contributed by atoms with van der Waals surface area (Å²) >= 11 is 0. The maximum absolute atomic E-state index is 16.6. The van der Waals surface area contributed by atoms with Gasteiger partial charge < -0.3 is 0 Å². The molecule has 0 spiro atoms. The molecule has 0 bridgehead atoms. The number of aromatic nitrogens is 2. The molecule has 2 nitrogen and oxygen atoms in total. The SMILES string of the molecule is CCCCc1ccc2c3c4[n+](ccc13)C(CC)(CC)CC(C[n+]1ccc3ccccc3c1-c1ccccc1C)c1ccc(F)c(c1-4)C2(C)C. The molecular formula is C46H49FN2+2. The van der Waals surface area contributed by atoms with Crippen LogP contribution < -0.4 is 9.13 Å². The third kappa shape index (κ3) is 4.72. The number of nitrogens with zero attached hydrogens (tertiary/aromatic N) is 2. The van der Waals surface area contributed by atoms with E-state index in [0.717, 1.165) is 43.4 Å². The van der Waals surface area contributed by atoms with Crippen molar-refractivity contribution < 1.29 is 13.5 Å². The van der Waals surface area contributed by atoms with Crippen LogP contribution in [0.3, 0.4) is 0 Å². The van der Waals surface area contributed by atoms with E-state index in [9.17, 15) is 0 Å². The second kappa shape index (κ2) is 11.9. The summed E-state index contributed by atoms with van der Waals surface area (Å²) < 4.78 is 21.7. The molecule has 1 atom stereocenters. The highest BCUT2D eigenvalue weighted by molar-refractivity contribution is 6.02. The van der Waals surface area contributed by atoms with Crippen molar-refractivity contribution in [2.75, 3.05) is 0 Å². The lowest BCUT2D eigenvalue weighted by Crippen LogP contribution is -2.57. The molecular weight excluding hydrogens is 600 g/mol. The summed E-state index contributed by atoms with van der Waals surface area (Å²) in [5.41, 5.74) is 10.4. The molecule has 0 saturated heterocycles. The fourth-order valence-corrected chi connectivity index (χ4v) is 9.63. The number of fused-ring (bicyclic) bond motifs is 1. The normalized spacial score (nSPS) is 17.0. The van der Waals surface area contributed by atoms with Gasteiger partial charge in [0.05, 0.1) is 22.3 Å². The Labute approximate surface area is 291 Å². The van der Waals surface area contributed by atoms with E-state index in [1.54, 1.807) is 6.07 Å². The summed E-state index contributed by atoms with van der Waals surface area (Å²) in [6.07, 6.45) is 11.1. The molecule has 6 aromatic rings. The standard InChI is InChI=1S/C46H49FN2/c1-7-10-16-31-20-22-38-40-36(31)25-27-49-44(40)41-35(21-23-39(47)42(41)45(38,5)6)33(28-46(49,8-2)9-3)29-48-26-24-32-17-12-14-19-37(32)43(48)34-18-13-11-15-30(34)4/h11-15,17-27,33H,7-10,16,28-29H2,1-6H3/q+2. The first-order valence-corrected chi connectivity index (χ1v) is 18.6. The number of rotatable bonds is 8. The number of hydrogen-bond acceptors (Lipinski definition) is 0. The predicted molar refractivity (Wildman–Crippen MR) is 201 cm³/mol. The number of unbranched alkanes of at least 4 members (excludes halogenated alkanes) is 1. The van der Waals surface area contributed by atoms with Crippen molar-refractivity contribution in [1.82, 2.24) is 0 Å². The number of hydrogen-bond donors (Lipinski definition) is 0. The Hall–Kier alpha value is -4.37. The zero-order valence-electron chi connectivity index (χ0n) is 30.0. The topological polar surface area (TPSA) is 7.76 Å². The second-order valence-electron chi connectivity index (χ2n) is 15.3. The molecule has 1 aliphatic heterocycles. The van der Waals surface area contributed by atoms with E-state index >= 15 is 4.39 Å². The Kier molecular flexibility index (Phi) is 7.74. The molecule has 1 unspecified atom stereocenters. The summed E-state index contributed by atoms with van der Waals surface area (Å²) in [5.74, 6) is 0.0879. The number of aryl methyl sites for hydroxylation is 2. The molecule has 2 aliphatic rings. The Bertz CT molecular complexity index is 2260. The van der Waals surface area contributed by atoms with E-state index in [1.165, 1.54) is 73.6 Å². The van der Waals surface area contributed by atoms with Crippen LogP contribution in [0.2, 0.25) is 0 Å². The maximum atomic E-state index is 16.6. The van der Waals surface area contributed by atoms with Gasteiger partial charge >= 0.3 is 0 Å². The first kappa shape index (κ1) is 31.9. The van der Waals surface area contributed by atoms with Crippen LogP contribution in [0, 0.1) is 12.7 Å². The van der Waals surface area contributed by atoms with Gasteiger partial charge in [-0.3, -0.25) is 0 Å². The number of benzene rings is 4. The van der Waals surface area contributed by atoms with Crippen LogP contribution in [0.25, 0.3) is 44.1 Å². The average molecular weight is 649 g/mol. The summed E-state index contributed by atoms with van der Waals surface area (Å²) in [4.78, 5) is 0. The van der Waals surface area contributed by atoms with E-state index in [1.807, 2.05) is 0 Å². The molecule has 0 N–H and O–H groups in total. The highest BCUT2D eigenvalue weighted by Crippen LogP contribution is 2.54. The Morgan fingerprint density at radius 3 is 2.35 bits per heavy atom. The smallest absolute Gasteiger partial charge is 0.207 e. The van der Waals surface area contributed by atoms with Gasteiger partial charge in [-0.25, -0.2) is 4.39 Å². The highest BCUT2D eigenvalue weighted by atomic mass is 19.1. The molecule has 8 rings (SSSR count). The third-order valence-electron chi connectivity index (χ3n) is 12.4. The minimum absolute atomic E-state index is 0.0915. The fraction of sp³-hybridized carbons (Fsp3) is 0.348. The van der Waals surface area contributed by atoms with Crippen molar-refractivity contribution in [1.29, 1.82) is 0 Å². The summed E-state index contributed by atoms with van der Waals surface area (Å²) in [6.45, 7) is 14.5. The molecule has 0 saturated carbocycles. The van der Waals surface area contributed by atoms with E-state index in [2.05, 4.69) is 142 Å². The van der Waals surface area contributed by atoms with Crippen molar-refractivity contribution in [2.45, 2.75) is 103 Å². The Morgan fingerprint density at radius 2 is 1.57 bits per heavy atom. The van der Waals surface area contributed by atoms with Crippen molar-refractivity contribution in [3.8, 4) is 22.5 Å². The average Bonchev–Trinajstić information content (AvgIpc) is 3.23. The largest absolute Gasteiger partial charge is 0.221 e. The molecule has 1 aliphatic carbocycles. The quantitative estimate of drug-likeness (QED) is 0.145. The van der Waals surface area contributed by atoms with Gasteiger partial charge in [-0.05, 0) is 71.0 Å². The minimum Gasteiger partial charge on any atom is -0.207 e. The predicted octanol–water partition coefficient (Wildman–Crippen LogP) is 11.0. The van der Waals surface area contributed by atoms with Crippen LogP contribution in [0.4, 0.5) is 4.39 Å². The molecule has 3 heteroatoms. The van der Waals surface area contributed by atoms with Crippen molar-refractivity contribution in [3.05, 3.63) is 131 Å². The highest BCUT2D eigenvalue weighted by Gasteiger charge is 2.51. The molecule has 248 valence electrons. The number of pyridine rings is 2. The van der Waals surface area contributed by atoms with Gasteiger partial charge in [-0.1, -0.05) is 95.6 Å². The third-order valence-corrected chi connectivity index (χ3v) is 12.4. The van der Waals surface area contributed by atoms with Gasteiger partial charge in [0, 0.05) is 47.9 Å². The zero-order valence-corrected chi connectivity index (χ0v) is 30.0. The maximum Gasteiger partial charge on any atom is 0.221 e. The molecule has 0 amide bonds. The zero-order chi connectivity index (χ0) is 34.1. The molecule has 3 heterocycles. The molecule has 49 heavy (non-hydrogen) atoms. The minimum atomic E-state index is -0.471. The van der Waals surface area contributed by atoms with E-state index in [-0.39, 0.29) is 17.3 Å². The first-order chi connectivity index (χ1) is 23.7. The molecule has 4 aromatic carbocycles. The van der Waals surface area contributed by atoms with Gasteiger partial charge in [-0.2, -0.15) is 9.13 Å². The van der Waals surface area contributed by atoms with Gasteiger partial charge in [0.2, 0.25) is 11.4 Å². The van der Waals surface area contributed by atoms with Gasteiger partial charge in [0.15, 0.2) is 24.5 Å². The summed E-state index contributed by atoms with van der Waals surface area (Å²) in [7, 11) is 0. The summed E-state index contributed by atoms with van der Waals surface area (Å²) in [5, 5.41) is 5.19. The lowest BCUT2D eigenvalue weighted by molar-refractivity contribution is -0.758. The molecule has 0 fully saturated rings. The van der Waals surface area contributed by atoms with Crippen LogP contribution in [0.5, 0.6) is 0 Å². The van der Waals surface area contributed by atoms with Gasteiger partial charge in [0.25, 0.3) is 0 Å². The molecule has 2 aromatic heterocycles. The van der Waals surface area contributed by atoms with Crippen LogP contribution in [0.1, 0.15) is 100 Å². The second-order valence-corrected chi connectivity index (χ2v) is 15.3. The van der Waals surface area contributed by atoms with Crippen LogP contribution in [-0.2, 0) is 23.9 Å². The van der Waals surface area contributed by atoms with Gasteiger partial charge in [0.1, 0.15) is 5.82 Å². The van der Waals surface area contributed by atoms with E-state index in [4.69, 9.17) is 0 Å². The van der Waals surface area contributed by atoms with E-state index < -0.39 is 5.41 Å². The van der Waals surface area contributed by atoms with Crippen molar-refractivity contribution >= 4 is 21.5 Å². The lowest BCUT2D eigenvalue weighted by Gasteiger charge is -2.36. The fourth-order valence-electron chi connectivity index (χ4n) is 9.63.